The minimum absolute atomic E-state index is 0.0489. The van der Waals surface area contributed by atoms with Crippen LogP contribution in [0.5, 0.6) is 0 Å². The number of nitrogens with one attached hydrogen (secondary N) is 2. The van der Waals surface area contributed by atoms with Crippen LogP contribution in [0.25, 0.3) is 11.8 Å². The molecule has 3 aromatic rings. The van der Waals surface area contributed by atoms with Crippen molar-refractivity contribution in [2.75, 3.05) is 19.4 Å². The Morgan fingerprint density at radius 2 is 1.86 bits per heavy atom. The van der Waals surface area contributed by atoms with Crippen molar-refractivity contribution < 1.29 is 24.3 Å². The number of carbonyl (C=O) groups is 4. The largest absolute Gasteiger partial charge is 0.478 e. The second-order valence-corrected chi connectivity index (χ2v) is 8.15. The molecule has 2 aromatic carbocycles. The number of carboxylic acid groups (broad SMARTS) is 1. The lowest BCUT2D eigenvalue weighted by Crippen LogP contribution is -2.46. The van der Waals surface area contributed by atoms with Gasteiger partial charge in [-0.15, -0.1) is 5.10 Å². The van der Waals surface area contributed by atoms with E-state index in [0.717, 1.165) is 0 Å². The summed E-state index contributed by atoms with van der Waals surface area (Å²) in [5.41, 5.74) is 1.46. The number of aromatic carboxylic acids is 1. The second kappa shape index (κ2) is 11.7. The van der Waals surface area contributed by atoms with Gasteiger partial charge >= 0.3 is 5.97 Å². The number of tetrazole rings is 1. The summed E-state index contributed by atoms with van der Waals surface area (Å²) in [5.74, 6) is -2.77. The average Bonchev–Trinajstić information content (AvgIpc) is 3.37. The number of anilines is 1. The lowest BCUT2D eigenvalue weighted by molar-refractivity contribution is -0.132. The Morgan fingerprint density at radius 1 is 1.14 bits per heavy atom. The molecule has 0 saturated carbocycles. The van der Waals surface area contributed by atoms with E-state index in [0.29, 0.717) is 22.0 Å². The molecule has 186 valence electrons. The quantitative estimate of drug-likeness (QED) is 0.365. The standard InChI is InChI=1S/C23H22ClN7O5/c1-30(2)21(33)12-18(22(34)26-17-7-3-14(4-8-17)23(35)36)27-20(32)10-5-15-11-16(24)6-9-19(15)31-13-25-28-29-31/h3-11,13,18H,12H2,1-2H3,(H,26,34)(H,27,32)(H,35,36)/b10-5+. The summed E-state index contributed by atoms with van der Waals surface area (Å²) < 4.78 is 1.40. The Balaban J connectivity index is 1.76. The third kappa shape index (κ3) is 6.96. The van der Waals surface area contributed by atoms with Gasteiger partial charge < -0.3 is 20.6 Å². The molecule has 0 fully saturated rings. The van der Waals surface area contributed by atoms with Crippen molar-refractivity contribution in [1.82, 2.24) is 30.4 Å². The zero-order valence-electron chi connectivity index (χ0n) is 19.3. The van der Waals surface area contributed by atoms with Gasteiger partial charge in [0.25, 0.3) is 0 Å². The van der Waals surface area contributed by atoms with Crippen LogP contribution >= 0.6 is 11.6 Å². The number of hydrogen-bond donors (Lipinski definition) is 3. The van der Waals surface area contributed by atoms with E-state index in [1.165, 1.54) is 66.4 Å². The fourth-order valence-electron chi connectivity index (χ4n) is 3.02. The molecule has 1 atom stereocenters. The van der Waals surface area contributed by atoms with Crippen molar-refractivity contribution in [1.29, 1.82) is 0 Å². The summed E-state index contributed by atoms with van der Waals surface area (Å²) in [6.07, 6.45) is 3.77. The molecule has 3 amide bonds. The van der Waals surface area contributed by atoms with E-state index in [9.17, 15) is 19.2 Å². The zero-order chi connectivity index (χ0) is 26.2. The minimum Gasteiger partial charge on any atom is -0.478 e. The molecule has 3 rings (SSSR count). The van der Waals surface area contributed by atoms with Gasteiger partial charge in [-0.1, -0.05) is 11.6 Å². The number of amides is 3. The molecule has 3 N–H and O–H groups in total. The highest BCUT2D eigenvalue weighted by Crippen LogP contribution is 2.20. The van der Waals surface area contributed by atoms with Gasteiger partial charge in [-0.3, -0.25) is 14.4 Å². The first-order valence-corrected chi connectivity index (χ1v) is 10.9. The van der Waals surface area contributed by atoms with Crippen molar-refractivity contribution in [2.24, 2.45) is 0 Å². The molecular weight excluding hydrogens is 490 g/mol. The number of halogens is 1. The fraction of sp³-hybridized carbons (Fsp3) is 0.174. The summed E-state index contributed by atoms with van der Waals surface area (Å²) in [6.45, 7) is 0. The molecule has 36 heavy (non-hydrogen) atoms. The first-order valence-electron chi connectivity index (χ1n) is 10.5. The first kappa shape index (κ1) is 26.0. The number of rotatable bonds is 9. The van der Waals surface area contributed by atoms with Gasteiger partial charge in [0.05, 0.1) is 17.7 Å². The molecule has 0 aliphatic rings. The maximum absolute atomic E-state index is 12.9. The summed E-state index contributed by atoms with van der Waals surface area (Å²) in [5, 5.41) is 25.6. The Bertz CT molecular complexity index is 1290. The molecular formula is C23H22ClN7O5. The Kier molecular flexibility index (Phi) is 8.47. The molecule has 1 unspecified atom stereocenters. The van der Waals surface area contributed by atoms with Crippen molar-refractivity contribution in [2.45, 2.75) is 12.5 Å². The molecule has 12 nitrogen and oxygen atoms in total. The normalized spacial score (nSPS) is 11.6. The van der Waals surface area contributed by atoms with Gasteiger partial charge in [0.1, 0.15) is 12.4 Å². The average molecular weight is 512 g/mol. The van der Waals surface area contributed by atoms with Crippen LogP contribution in [0.4, 0.5) is 5.69 Å². The third-order valence-corrected chi connectivity index (χ3v) is 5.14. The van der Waals surface area contributed by atoms with Crippen LogP contribution in [-0.2, 0) is 14.4 Å². The van der Waals surface area contributed by atoms with E-state index < -0.39 is 23.8 Å². The number of benzene rings is 2. The lowest BCUT2D eigenvalue weighted by atomic mass is 10.1. The molecule has 0 saturated heterocycles. The smallest absolute Gasteiger partial charge is 0.335 e. The van der Waals surface area contributed by atoms with Crippen LogP contribution in [0.3, 0.4) is 0 Å². The molecule has 0 spiro atoms. The van der Waals surface area contributed by atoms with Crippen molar-refractivity contribution in [3.8, 4) is 5.69 Å². The summed E-state index contributed by atoms with van der Waals surface area (Å²) in [6, 6.07) is 9.21. The summed E-state index contributed by atoms with van der Waals surface area (Å²) in [4.78, 5) is 50.2. The van der Waals surface area contributed by atoms with E-state index in [4.69, 9.17) is 16.7 Å². The maximum Gasteiger partial charge on any atom is 0.335 e. The van der Waals surface area contributed by atoms with Crippen molar-refractivity contribution in [3.63, 3.8) is 0 Å². The predicted molar refractivity (Wildman–Crippen MR) is 130 cm³/mol. The zero-order valence-corrected chi connectivity index (χ0v) is 20.0. The topological polar surface area (TPSA) is 159 Å². The molecule has 1 heterocycles. The van der Waals surface area contributed by atoms with Crippen molar-refractivity contribution in [3.05, 3.63) is 71.0 Å². The third-order valence-electron chi connectivity index (χ3n) is 4.91. The molecule has 0 radical (unpaired) electrons. The Morgan fingerprint density at radius 3 is 2.47 bits per heavy atom. The highest BCUT2D eigenvalue weighted by molar-refractivity contribution is 6.30. The Labute approximate surface area is 210 Å². The van der Waals surface area contributed by atoms with Gasteiger partial charge in [0.15, 0.2) is 0 Å². The van der Waals surface area contributed by atoms with Gasteiger partial charge in [-0.05, 0) is 59.0 Å². The van der Waals surface area contributed by atoms with Gasteiger partial charge in [-0.25, -0.2) is 4.79 Å². The molecule has 1 aromatic heterocycles. The van der Waals surface area contributed by atoms with Crippen LogP contribution in [0.15, 0.2) is 54.9 Å². The van der Waals surface area contributed by atoms with E-state index in [1.54, 1.807) is 18.2 Å². The maximum atomic E-state index is 12.9. The van der Waals surface area contributed by atoms with E-state index in [2.05, 4.69) is 26.2 Å². The van der Waals surface area contributed by atoms with Crippen LogP contribution in [0.1, 0.15) is 22.3 Å². The van der Waals surface area contributed by atoms with Gasteiger partial charge in [0.2, 0.25) is 17.7 Å². The van der Waals surface area contributed by atoms with E-state index >= 15 is 0 Å². The predicted octanol–water partition coefficient (Wildman–Crippen LogP) is 1.63. The molecule has 13 heteroatoms. The minimum atomic E-state index is -1.20. The fourth-order valence-corrected chi connectivity index (χ4v) is 3.20. The van der Waals surface area contributed by atoms with E-state index in [-0.39, 0.29) is 17.9 Å². The molecule has 0 aliphatic heterocycles. The van der Waals surface area contributed by atoms with Crippen LogP contribution in [0, 0.1) is 0 Å². The van der Waals surface area contributed by atoms with E-state index in [1.807, 2.05) is 0 Å². The molecule has 0 bridgehead atoms. The number of carbonyl (C=O) groups excluding carboxylic acids is 3. The van der Waals surface area contributed by atoms with Gasteiger partial charge in [-0.2, -0.15) is 4.68 Å². The number of aromatic nitrogens is 4. The number of carboxylic acids is 1. The SMILES string of the molecule is CN(C)C(=O)CC(NC(=O)/C=C/c1cc(Cl)ccc1-n1cnnn1)C(=O)Nc1ccc(C(=O)O)cc1. The second-order valence-electron chi connectivity index (χ2n) is 7.72. The lowest BCUT2D eigenvalue weighted by Gasteiger charge is -2.19. The Hall–Kier alpha value is -4.58. The highest BCUT2D eigenvalue weighted by Gasteiger charge is 2.24. The van der Waals surface area contributed by atoms with Crippen LogP contribution < -0.4 is 10.6 Å². The highest BCUT2D eigenvalue weighted by atomic mass is 35.5. The summed E-state index contributed by atoms with van der Waals surface area (Å²) in [7, 11) is 3.06. The van der Waals surface area contributed by atoms with Crippen LogP contribution in [0.2, 0.25) is 5.02 Å². The monoisotopic (exact) mass is 511 g/mol. The number of hydrogen-bond acceptors (Lipinski definition) is 7. The van der Waals surface area contributed by atoms with Gasteiger partial charge in [0, 0.05) is 36.4 Å². The molecule has 0 aliphatic carbocycles. The number of nitrogens with zero attached hydrogens (tertiary/aromatic N) is 5. The van der Waals surface area contributed by atoms with Crippen molar-refractivity contribution >= 4 is 47.1 Å². The van der Waals surface area contributed by atoms with Crippen LogP contribution in [-0.4, -0.2) is 74.0 Å². The summed E-state index contributed by atoms with van der Waals surface area (Å²) >= 11 is 6.09. The first-order chi connectivity index (χ1) is 17.1.